The zero-order valence-electron chi connectivity index (χ0n) is 11.1. The number of carbonyl (C=O) groups excluding carboxylic acids is 1. The molecule has 0 saturated heterocycles. The minimum Gasteiger partial charge on any atom is -0.338 e. The number of nitrogens with zero attached hydrogens (tertiary/aromatic N) is 1. The lowest BCUT2D eigenvalue weighted by Crippen LogP contribution is -2.31. The van der Waals surface area contributed by atoms with Gasteiger partial charge in [-0.2, -0.15) is 11.8 Å². The van der Waals surface area contributed by atoms with Gasteiger partial charge in [-0.3, -0.25) is 4.79 Å². The van der Waals surface area contributed by atoms with Crippen LogP contribution in [0, 0.1) is 0 Å². The largest absolute Gasteiger partial charge is 0.338 e. The molecule has 0 aliphatic heterocycles. The second kappa shape index (κ2) is 8.16. The van der Waals surface area contributed by atoms with Gasteiger partial charge in [0.25, 0.3) is 0 Å². The van der Waals surface area contributed by atoms with E-state index in [9.17, 15) is 4.79 Å². The molecule has 1 atom stereocenters. The van der Waals surface area contributed by atoms with Crippen LogP contribution in [0.1, 0.15) is 24.9 Å². The first-order valence-corrected chi connectivity index (χ1v) is 7.40. The van der Waals surface area contributed by atoms with E-state index in [2.05, 4.69) is 19.1 Å². The van der Waals surface area contributed by atoms with Crippen LogP contribution in [-0.2, 0) is 4.79 Å². The van der Waals surface area contributed by atoms with Crippen molar-refractivity contribution in [2.45, 2.75) is 19.4 Å². The molecule has 0 aromatic heterocycles. The average Bonchev–Trinajstić information content (AvgIpc) is 2.42. The second-order valence-electron chi connectivity index (χ2n) is 4.29. The Bertz CT molecular complexity index is 356. The van der Waals surface area contributed by atoms with Crippen LogP contribution in [0.2, 0.25) is 0 Å². The van der Waals surface area contributed by atoms with Crippen LogP contribution < -0.4 is 5.73 Å². The Kier molecular flexibility index (Phi) is 6.83. The summed E-state index contributed by atoms with van der Waals surface area (Å²) in [4.78, 5) is 13.8. The summed E-state index contributed by atoms with van der Waals surface area (Å²) < 4.78 is 0. The van der Waals surface area contributed by atoms with Crippen LogP contribution in [0.3, 0.4) is 0 Å². The van der Waals surface area contributed by atoms with Crippen molar-refractivity contribution in [1.82, 2.24) is 4.90 Å². The number of hydrogen-bond donors (Lipinski definition) is 1. The lowest BCUT2D eigenvalue weighted by atomic mass is 10.1. The number of hydrogen-bond acceptors (Lipinski definition) is 3. The van der Waals surface area contributed by atoms with Crippen molar-refractivity contribution in [1.29, 1.82) is 0 Å². The molecular formula is C14H22N2OS. The Labute approximate surface area is 114 Å². The molecule has 0 saturated carbocycles. The van der Waals surface area contributed by atoms with Gasteiger partial charge < -0.3 is 10.6 Å². The second-order valence-corrected chi connectivity index (χ2v) is 5.39. The first-order chi connectivity index (χ1) is 8.66. The first kappa shape index (κ1) is 15.1. The molecule has 1 aromatic rings. The molecule has 18 heavy (non-hydrogen) atoms. The molecule has 0 aliphatic rings. The Morgan fingerprint density at radius 2 is 2.06 bits per heavy atom. The van der Waals surface area contributed by atoms with E-state index in [0.717, 1.165) is 12.2 Å². The topological polar surface area (TPSA) is 46.3 Å². The van der Waals surface area contributed by atoms with Crippen LogP contribution in [0.5, 0.6) is 0 Å². The highest BCUT2D eigenvalue weighted by atomic mass is 32.2. The summed E-state index contributed by atoms with van der Waals surface area (Å²) in [6.45, 7) is 2.75. The van der Waals surface area contributed by atoms with Gasteiger partial charge in [0.2, 0.25) is 5.91 Å². The summed E-state index contributed by atoms with van der Waals surface area (Å²) in [7, 11) is 1.86. The van der Waals surface area contributed by atoms with Gasteiger partial charge in [0, 0.05) is 7.05 Å². The summed E-state index contributed by atoms with van der Waals surface area (Å²) >= 11 is 1.66. The molecule has 0 radical (unpaired) electrons. The van der Waals surface area contributed by atoms with E-state index < -0.39 is 0 Å². The van der Waals surface area contributed by atoms with E-state index in [1.165, 1.54) is 5.56 Å². The molecular weight excluding hydrogens is 244 g/mol. The highest BCUT2D eigenvalue weighted by Gasteiger charge is 2.16. The fourth-order valence-corrected chi connectivity index (χ4v) is 2.51. The summed E-state index contributed by atoms with van der Waals surface area (Å²) in [5.74, 6) is 1.66. The van der Waals surface area contributed by atoms with Gasteiger partial charge in [-0.15, -0.1) is 0 Å². The Hall–Kier alpha value is -1.000. The fourth-order valence-electron chi connectivity index (χ4n) is 1.62. The van der Waals surface area contributed by atoms with Crippen molar-refractivity contribution >= 4 is 17.7 Å². The summed E-state index contributed by atoms with van der Waals surface area (Å²) in [6, 6.07) is 10.2. The van der Waals surface area contributed by atoms with Crippen LogP contribution >= 0.6 is 11.8 Å². The third-order valence-electron chi connectivity index (χ3n) is 2.97. The van der Waals surface area contributed by atoms with Gasteiger partial charge in [-0.1, -0.05) is 30.3 Å². The zero-order valence-corrected chi connectivity index (χ0v) is 12.0. The fraction of sp³-hybridized carbons (Fsp3) is 0.500. The molecule has 4 heteroatoms. The van der Waals surface area contributed by atoms with E-state index in [4.69, 9.17) is 5.73 Å². The lowest BCUT2D eigenvalue weighted by Gasteiger charge is -2.25. The van der Waals surface area contributed by atoms with Gasteiger partial charge in [-0.25, -0.2) is 0 Å². The van der Waals surface area contributed by atoms with Crippen LogP contribution in [0.15, 0.2) is 30.3 Å². The van der Waals surface area contributed by atoms with Gasteiger partial charge in [0.05, 0.1) is 11.8 Å². The van der Waals surface area contributed by atoms with Crippen molar-refractivity contribution < 1.29 is 4.79 Å². The SMILES string of the molecule is CC(c1ccccc1)N(C)C(=O)CSCCCN. The first-order valence-electron chi connectivity index (χ1n) is 6.25. The van der Waals surface area contributed by atoms with Gasteiger partial charge in [-0.05, 0) is 31.2 Å². The maximum atomic E-state index is 12.0. The van der Waals surface area contributed by atoms with E-state index in [-0.39, 0.29) is 11.9 Å². The number of benzene rings is 1. The van der Waals surface area contributed by atoms with Crippen molar-refractivity contribution in [3.63, 3.8) is 0 Å². The Morgan fingerprint density at radius 1 is 1.39 bits per heavy atom. The molecule has 1 aromatic carbocycles. The summed E-state index contributed by atoms with van der Waals surface area (Å²) in [6.07, 6.45) is 0.968. The quantitative estimate of drug-likeness (QED) is 0.770. The zero-order chi connectivity index (χ0) is 13.4. The molecule has 2 N–H and O–H groups in total. The van der Waals surface area contributed by atoms with Crippen LogP contribution in [0.4, 0.5) is 0 Å². The van der Waals surface area contributed by atoms with Crippen LogP contribution in [0.25, 0.3) is 0 Å². The Balaban J connectivity index is 2.43. The summed E-state index contributed by atoms with van der Waals surface area (Å²) in [5.41, 5.74) is 6.59. The molecule has 1 amide bonds. The number of amides is 1. The highest BCUT2D eigenvalue weighted by Crippen LogP contribution is 2.19. The van der Waals surface area contributed by atoms with Crippen molar-refractivity contribution in [2.24, 2.45) is 5.73 Å². The molecule has 100 valence electrons. The molecule has 1 rings (SSSR count). The molecule has 1 unspecified atom stereocenters. The van der Waals surface area contributed by atoms with E-state index in [1.54, 1.807) is 11.8 Å². The Morgan fingerprint density at radius 3 is 2.67 bits per heavy atom. The standard InChI is InChI=1S/C14H22N2OS/c1-12(13-7-4-3-5-8-13)16(2)14(17)11-18-10-6-9-15/h3-5,7-8,12H,6,9-11,15H2,1-2H3. The molecule has 0 fully saturated rings. The van der Waals surface area contributed by atoms with E-state index in [0.29, 0.717) is 12.3 Å². The van der Waals surface area contributed by atoms with Gasteiger partial charge >= 0.3 is 0 Å². The minimum atomic E-state index is 0.119. The van der Waals surface area contributed by atoms with Crippen molar-refractivity contribution in [2.75, 3.05) is 25.1 Å². The smallest absolute Gasteiger partial charge is 0.232 e. The normalized spacial score (nSPS) is 12.2. The number of thioether (sulfide) groups is 1. The average molecular weight is 266 g/mol. The molecule has 0 aliphatic carbocycles. The monoisotopic (exact) mass is 266 g/mol. The third-order valence-corrected chi connectivity index (χ3v) is 4.00. The molecule has 0 bridgehead atoms. The molecule has 0 spiro atoms. The van der Waals surface area contributed by atoms with Crippen molar-refractivity contribution in [3.05, 3.63) is 35.9 Å². The van der Waals surface area contributed by atoms with E-state index in [1.807, 2.05) is 30.1 Å². The molecule has 3 nitrogen and oxygen atoms in total. The molecule has 0 heterocycles. The summed E-state index contributed by atoms with van der Waals surface area (Å²) in [5, 5.41) is 0. The third kappa shape index (κ3) is 4.70. The number of rotatable bonds is 7. The maximum absolute atomic E-state index is 12.0. The predicted molar refractivity (Wildman–Crippen MR) is 78.6 cm³/mol. The number of carbonyl (C=O) groups is 1. The van der Waals surface area contributed by atoms with Crippen LogP contribution in [-0.4, -0.2) is 35.9 Å². The maximum Gasteiger partial charge on any atom is 0.232 e. The number of nitrogens with two attached hydrogens (primary N) is 1. The predicted octanol–water partition coefficient (Wildman–Crippen LogP) is 2.29. The highest BCUT2D eigenvalue weighted by molar-refractivity contribution is 7.99. The lowest BCUT2D eigenvalue weighted by molar-refractivity contribution is -0.128. The van der Waals surface area contributed by atoms with E-state index >= 15 is 0 Å². The minimum absolute atomic E-state index is 0.119. The van der Waals surface area contributed by atoms with Crippen molar-refractivity contribution in [3.8, 4) is 0 Å². The van der Waals surface area contributed by atoms with Gasteiger partial charge in [0.1, 0.15) is 0 Å². The van der Waals surface area contributed by atoms with Gasteiger partial charge in [0.15, 0.2) is 0 Å².